The van der Waals surface area contributed by atoms with Gasteiger partial charge in [-0.1, -0.05) is 6.07 Å². The topological polar surface area (TPSA) is 61.8 Å². The zero-order chi connectivity index (χ0) is 19.9. The summed E-state index contributed by atoms with van der Waals surface area (Å²) in [6.07, 6.45) is 2.53. The molecule has 28 heavy (non-hydrogen) atoms. The number of rotatable bonds is 6. The maximum atomic E-state index is 14.0. The van der Waals surface area contributed by atoms with Gasteiger partial charge in [0, 0.05) is 50.6 Å². The van der Waals surface area contributed by atoms with Crippen LogP contribution in [0.1, 0.15) is 18.9 Å². The number of guanidine groups is 1. The molecule has 1 atom stereocenters. The van der Waals surface area contributed by atoms with E-state index in [0.29, 0.717) is 43.8 Å². The van der Waals surface area contributed by atoms with E-state index in [2.05, 4.69) is 20.6 Å². The molecule has 0 bridgehead atoms. The first-order valence-corrected chi connectivity index (χ1v) is 9.34. The van der Waals surface area contributed by atoms with Gasteiger partial charge in [-0.2, -0.15) is 0 Å². The first kappa shape index (κ1) is 19.9. The van der Waals surface area contributed by atoms with E-state index in [1.54, 1.807) is 13.2 Å². The molecule has 6 nitrogen and oxygen atoms in total. The Morgan fingerprint density at radius 1 is 1.36 bits per heavy atom. The van der Waals surface area contributed by atoms with Crippen LogP contribution in [0.15, 0.2) is 41.5 Å². The van der Waals surface area contributed by atoms with Gasteiger partial charge in [-0.05, 0) is 31.5 Å². The lowest BCUT2D eigenvalue weighted by Gasteiger charge is -2.21. The summed E-state index contributed by atoms with van der Waals surface area (Å²) >= 11 is 0. The summed E-state index contributed by atoms with van der Waals surface area (Å²) in [7, 11) is 1.70. The smallest absolute Gasteiger partial charge is 0.218 e. The number of halogens is 2. The molecule has 1 aliphatic rings. The van der Waals surface area contributed by atoms with E-state index < -0.39 is 11.6 Å². The molecule has 1 aromatic heterocycles. The Labute approximate surface area is 163 Å². The number of pyridine rings is 1. The minimum absolute atomic E-state index is 0.107. The number of aliphatic imine (C=N–C) groups is 1. The molecular weight excluding hydrogens is 364 g/mol. The Kier molecular flexibility index (Phi) is 6.62. The molecule has 0 amide bonds. The summed E-state index contributed by atoms with van der Waals surface area (Å²) in [6.45, 7) is 4.29. The lowest BCUT2D eigenvalue weighted by molar-refractivity contribution is 0.322. The summed E-state index contributed by atoms with van der Waals surface area (Å²) in [5.74, 6) is 0.147. The van der Waals surface area contributed by atoms with Crippen molar-refractivity contribution in [1.82, 2.24) is 15.6 Å². The van der Waals surface area contributed by atoms with Crippen molar-refractivity contribution >= 4 is 11.6 Å². The number of aromatic nitrogens is 1. The number of anilines is 1. The number of hydrogen-bond donors (Lipinski definition) is 2. The van der Waals surface area contributed by atoms with E-state index in [-0.39, 0.29) is 6.04 Å². The Morgan fingerprint density at radius 3 is 2.96 bits per heavy atom. The molecule has 0 radical (unpaired) electrons. The highest BCUT2D eigenvalue weighted by Crippen LogP contribution is 2.24. The second kappa shape index (κ2) is 9.34. The number of ether oxygens (including phenoxy) is 1. The maximum absolute atomic E-state index is 14.0. The van der Waals surface area contributed by atoms with Gasteiger partial charge in [-0.15, -0.1) is 0 Å². The molecule has 2 aromatic rings. The summed E-state index contributed by atoms with van der Waals surface area (Å²) in [5, 5.41) is 6.62. The number of benzene rings is 1. The van der Waals surface area contributed by atoms with E-state index in [4.69, 9.17) is 4.74 Å². The van der Waals surface area contributed by atoms with Crippen LogP contribution in [-0.4, -0.2) is 43.7 Å². The third kappa shape index (κ3) is 4.88. The molecule has 1 saturated heterocycles. The highest BCUT2D eigenvalue weighted by molar-refractivity contribution is 5.80. The van der Waals surface area contributed by atoms with Gasteiger partial charge >= 0.3 is 0 Å². The number of nitrogens with one attached hydrogen (secondary N) is 2. The molecule has 1 unspecified atom stereocenters. The van der Waals surface area contributed by atoms with Crippen molar-refractivity contribution in [1.29, 1.82) is 0 Å². The van der Waals surface area contributed by atoms with Crippen molar-refractivity contribution in [2.45, 2.75) is 25.9 Å². The zero-order valence-electron chi connectivity index (χ0n) is 16.1. The third-order valence-corrected chi connectivity index (χ3v) is 4.58. The van der Waals surface area contributed by atoms with Crippen molar-refractivity contribution < 1.29 is 13.5 Å². The minimum atomic E-state index is -0.568. The fraction of sp³-hybridized carbons (Fsp3) is 0.400. The van der Waals surface area contributed by atoms with E-state index >= 15 is 0 Å². The van der Waals surface area contributed by atoms with Gasteiger partial charge in [0.15, 0.2) is 5.96 Å². The van der Waals surface area contributed by atoms with Gasteiger partial charge in [0.2, 0.25) is 5.88 Å². The van der Waals surface area contributed by atoms with E-state index in [1.165, 1.54) is 12.1 Å². The second-order valence-electron chi connectivity index (χ2n) is 6.50. The Morgan fingerprint density at radius 2 is 2.21 bits per heavy atom. The maximum Gasteiger partial charge on any atom is 0.218 e. The SMILES string of the molecule is CCOc1ncccc1CNC(=NC)NC1CCN(c2ccc(F)cc2F)C1. The van der Waals surface area contributed by atoms with Crippen molar-refractivity contribution in [3.63, 3.8) is 0 Å². The van der Waals surface area contributed by atoms with Crippen LogP contribution in [0.2, 0.25) is 0 Å². The van der Waals surface area contributed by atoms with E-state index in [9.17, 15) is 8.78 Å². The average Bonchev–Trinajstić information content (AvgIpc) is 3.14. The predicted molar refractivity (Wildman–Crippen MR) is 106 cm³/mol. The minimum Gasteiger partial charge on any atom is -0.478 e. The third-order valence-electron chi connectivity index (χ3n) is 4.58. The highest BCUT2D eigenvalue weighted by atomic mass is 19.1. The first-order valence-electron chi connectivity index (χ1n) is 9.34. The normalized spacial score (nSPS) is 16.9. The molecule has 1 fully saturated rings. The monoisotopic (exact) mass is 389 g/mol. The van der Waals surface area contributed by atoms with Crippen LogP contribution in [-0.2, 0) is 6.54 Å². The van der Waals surface area contributed by atoms with Crippen LogP contribution in [0.5, 0.6) is 5.88 Å². The lowest BCUT2D eigenvalue weighted by atomic mass is 10.2. The van der Waals surface area contributed by atoms with E-state index in [0.717, 1.165) is 18.1 Å². The van der Waals surface area contributed by atoms with E-state index in [1.807, 2.05) is 24.0 Å². The Bertz CT molecular complexity index is 830. The molecule has 1 aliphatic heterocycles. The molecule has 0 saturated carbocycles. The standard InChI is InChI=1S/C20H25F2N5O/c1-3-28-19-14(5-4-9-24-19)12-25-20(23-2)26-16-8-10-27(13-16)18-7-6-15(21)11-17(18)22/h4-7,9,11,16H,3,8,10,12-13H2,1-2H3,(H2,23,25,26). The highest BCUT2D eigenvalue weighted by Gasteiger charge is 2.25. The van der Waals surface area contributed by atoms with Crippen LogP contribution < -0.4 is 20.3 Å². The molecular formula is C20H25F2N5O. The van der Waals surface area contributed by atoms with Gasteiger partial charge in [0.05, 0.1) is 12.3 Å². The molecule has 2 N–H and O–H groups in total. The quantitative estimate of drug-likeness (QED) is 0.588. The molecule has 8 heteroatoms. The van der Waals surface area contributed by atoms with Crippen molar-refractivity contribution in [2.24, 2.45) is 4.99 Å². The van der Waals surface area contributed by atoms with Crippen LogP contribution in [0.25, 0.3) is 0 Å². The van der Waals surface area contributed by atoms with Gasteiger partial charge in [-0.3, -0.25) is 4.99 Å². The molecule has 2 heterocycles. The number of hydrogen-bond acceptors (Lipinski definition) is 4. The molecule has 150 valence electrons. The summed E-state index contributed by atoms with van der Waals surface area (Å²) in [6, 6.07) is 7.60. The Hall–Kier alpha value is -2.90. The molecule has 1 aromatic carbocycles. The second-order valence-corrected chi connectivity index (χ2v) is 6.50. The summed E-state index contributed by atoms with van der Waals surface area (Å²) in [5.41, 5.74) is 1.36. The van der Waals surface area contributed by atoms with Gasteiger partial charge in [-0.25, -0.2) is 13.8 Å². The average molecular weight is 389 g/mol. The lowest BCUT2D eigenvalue weighted by Crippen LogP contribution is -2.44. The van der Waals surface area contributed by atoms with Crippen LogP contribution in [0, 0.1) is 11.6 Å². The van der Waals surface area contributed by atoms with Gasteiger partial charge < -0.3 is 20.3 Å². The predicted octanol–water partition coefficient (Wildman–Crippen LogP) is 2.70. The van der Waals surface area contributed by atoms with Crippen LogP contribution in [0.3, 0.4) is 0 Å². The molecule has 3 rings (SSSR count). The van der Waals surface area contributed by atoms with Crippen LogP contribution in [0.4, 0.5) is 14.5 Å². The fourth-order valence-corrected chi connectivity index (χ4v) is 3.23. The first-order chi connectivity index (χ1) is 13.6. The van der Waals surface area contributed by atoms with Gasteiger partial charge in [0.1, 0.15) is 11.6 Å². The molecule has 0 aliphatic carbocycles. The van der Waals surface area contributed by atoms with Crippen molar-refractivity contribution in [3.05, 3.63) is 53.7 Å². The summed E-state index contributed by atoms with van der Waals surface area (Å²) < 4.78 is 32.7. The number of nitrogens with zero attached hydrogens (tertiary/aromatic N) is 3. The molecule has 0 spiro atoms. The van der Waals surface area contributed by atoms with Gasteiger partial charge in [0.25, 0.3) is 0 Å². The fourth-order valence-electron chi connectivity index (χ4n) is 3.23. The van der Waals surface area contributed by atoms with Crippen LogP contribution >= 0.6 is 0 Å². The van der Waals surface area contributed by atoms with Crippen molar-refractivity contribution in [3.8, 4) is 5.88 Å². The zero-order valence-corrected chi connectivity index (χ0v) is 16.1. The Balaban J connectivity index is 1.56. The largest absolute Gasteiger partial charge is 0.478 e. The summed E-state index contributed by atoms with van der Waals surface area (Å²) in [4.78, 5) is 10.4. The van der Waals surface area contributed by atoms with Crippen molar-refractivity contribution in [2.75, 3.05) is 31.6 Å².